The molecule has 0 aliphatic heterocycles. The Bertz CT molecular complexity index is 736. The van der Waals surface area contributed by atoms with Crippen LogP contribution in [0.15, 0.2) is 43.0 Å². The van der Waals surface area contributed by atoms with Crippen LogP contribution in [0.25, 0.3) is 5.65 Å². The number of anilines is 2. The molecule has 0 spiro atoms. The first-order valence-corrected chi connectivity index (χ1v) is 7.01. The van der Waals surface area contributed by atoms with Crippen LogP contribution in [0, 0.1) is 0 Å². The molecule has 6 heteroatoms. The molecule has 0 fully saturated rings. The zero-order chi connectivity index (χ0) is 14.7. The molecule has 21 heavy (non-hydrogen) atoms. The number of fused-ring (bicyclic) bond motifs is 1. The maximum Gasteiger partial charge on any atom is 0.203 e. The summed E-state index contributed by atoms with van der Waals surface area (Å²) in [5.74, 6) is 0.847. The van der Waals surface area contributed by atoms with Crippen LogP contribution in [0.5, 0.6) is 0 Å². The van der Waals surface area contributed by atoms with E-state index in [1.807, 2.05) is 28.8 Å². The lowest BCUT2D eigenvalue weighted by Gasteiger charge is -2.23. The Kier molecular flexibility index (Phi) is 3.68. The van der Waals surface area contributed by atoms with E-state index in [-0.39, 0.29) is 0 Å². The Morgan fingerprint density at radius 3 is 3.05 bits per heavy atom. The fourth-order valence-corrected chi connectivity index (χ4v) is 2.41. The third kappa shape index (κ3) is 2.79. The predicted molar refractivity (Wildman–Crippen MR) is 83.0 cm³/mol. The van der Waals surface area contributed by atoms with Gasteiger partial charge in [-0.15, -0.1) is 10.2 Å². The van der Waals surface area contributed by atoms with Crippen LogP contribution in [0.4, 0.5) is 11.5 Å². The van der Waals surface area contributed by atoms with Crippen molar-refractivity contribution in [1.29, 1.82) is 0 Å². The Morgan fingerprint density at radius 1 is 1.33 bits per heavy atom. The summed E-state index contributed by atoms with van der Waals surface area (Å²) in [5.41, 5.74) is 8.57. The first kappa shape index (κ1) is 13.4. The molecule has 0 radical (unpaired) electrons. The summed E-state index contributed by atoms with van der Waals surface area (Å²) in [6.45, 7) is 3.79. The Morgan fingerprint density at radius 2 is 2.24 bits per heavy atom. The van der Waals surface area contributed by atoms with Crippen LogP contribution in [-0.2, 0) is 6.54 Å². The smallest absolute Gasteiger partial charge is 0.203 e. The Labute approximate surface area is 123 Å². The van der Waals surface area contributed by atoms with E-state index in [2.05, 4.69) is 33.1 Å². The van der Waals surface area contributed by atoms with Gasteiger partial charge in [-0.1, -0.05) is 19.1 Å². The van der Waals surface area contributed by atoms with Crippen LogP contribution in [0.2, 0.25) is 0 Å². The lowest BCUT2D eigenvalue weighted by Crippen LogP contribution is -2.25. The third-order valence-electron chi connectivity index (χ3n) is 3.31. The van der Waals surface area contributed by atoms with Gasteiger partial charge in [0.25, 0.3) is 0 Å². The molecular formula is C15H18N6. The predicted octanol–water partition coefficient (Wildman–Crippen LogP) is 2.12. The summed E-state index contributed by atoms with van der Waals surface area (Å²) in [6.07, 6.45) is 6.33. The van der Waals surface area contributed by atoms with E-state index in [0.717, 1.165) is 42.2 Å². The molecule has 108 valence electrons. The summed E-state index contributed by atoms with van der Waals surface area (Å²) >= 11 is 0. The van der Waals surface area contributed by atoms with Gasteiger partial charge in [0.05, 0.1) is 0 Å². The largest absolute Gasteiger partial charge is 0.399 e. The summed E-state index contributed by atoms with van der Waals surface area (Å²) < 4.78 is 1.88. The highest BCUT2D eigenvalue weighted by Crippen LogP contribution is 2.20. The van der Waals surface area contributed by atoms with Crippen LogP contribution in [-0.4, -0.2) is 26.1 Å². The van der Waals surface area contributed by atoms with Crippen LogP contribution in [0.1, 0.15) is 18.9 Å². The van der Waals surface area contributed by atoms with Gasteiger partial charge in [-0.05, 0) is 24.1 Å². The van der Waals surface area contributed by atoms with Crippen LogP contribution in [0.3, 0.4) is 0 Å². The molecule has 0 saturated carbocycles. The van der Waals surface area contributed by atoms with Crippen molar-refractivity contribution in [2.75, 3.05) is 17.2 Å². The standard InChI is InChI=1S/C15H18N6/c1-2-7-20(10-12-4-3-5-13(16)9-12)14-15-19-18-11-21(15)8-6-17-14/h3-6,8-9,11H,2,7,10,16H2,1H3. The van der Waals surface area contributed by atoms with Gasteiger partial charge in [-0.25, -0.2) is 4.98 Å². The molecule has 0 bridgehead atoms. The van der Waals surface area contributed by atoms with Gasteiger partial charge in [0, 0.05) is 31.2 Å². The van der Waals surface area contributed by atoms with Gasteiger partial charge in [-0.3, -0.25) is 4.40 Å². The van der Waals surface area contributed by atoms with Crippen molar-refractivity contribution in [2.45, 2.75) is 19.9 Å². The first-order valence-electron chi connectivity index (χ1n) is 7.01. The second-order valence-corrected chi connectivity index (χ2v) is 4.98. The lowest BCUT2D eigenvalue weighted by molar-refractivity contribution is 0.754. The van der Waals surface area contributed by atoms with Crippen molar-refractivity contribution >= 4 is 17.2 Å². The number of hydrogen-bond donors (Lipinski definition) is 1. The zero-order valence-corrected chi connectivity index (χ0v) is 12.0. The number of nitrogens with zero attached hydrogens (tertiary/aromatic N) is 5. The Balaban J connectivity index is 1.96. The molecular weight excluding hydrogens is 264 g/mol. The quantitative estimate of drug-likeness (QED) is 0.726. The molecule has 2 N–H and O–H groups in total. The molecule has 0 saturated heterocycles. The van der Waals surface area contributed by atoms with Gasteiger partial charge >= 0.3 is 0 Å². The minimum Gasteiger partial charge on any atom is -0.399 e. The molecule has 0 amide bonds. The zero-order valence-electron chi connectivity index (χ0n) is 12.0. The van der Waals surface area contributed by atoms with Crippen molar-refractivity contribution < 1.29 is 0 Å². The van der Waals surface area contributed by atoms with E-state index in [0.29, 0.717) is 0 Å². The van der Waals surface area contributed by atoms with Crippen molar-refractivity contribution in [3.8, 4) is 0 Å². The maximum absolute atomic E-state index is 5.86. The first-order chi connectivity index (χ1) is 10.3. The molecule has 3 rings (SSSR count). The minimum atomic E-state index is 0.748. The van der Waals surface area contributed by atoms with Gasteiger partial charge < -0.3 is 10.6 Å². The fraction of sp³-hybridized carbons (Fsp3) is 0.267. The summed E-state index contributed by atoms with van der Waals surface area (Å²) in [7, 11) is 0. The minimum absolute atomic E-state index is 0.748. The summed E-state index contributed by atoms with van der Waals surface area (Å²) in [4.78, 5) is 6.70. The molecule has 0 aliphatic carbocycles. The van der Waals surface area contributed by atoms with E-state index >= 15 is 0 Å². The van der Waals surface area contributed by atoms with Crippen LogP contribution < -0.4 is 10.6 Å². The van der Waals surface area contributed by atoms with Crippen molar-refractivity contribution in [1.82, 2.24) is 19.6 Å². The monoisotopic (exact) mass is 282 g/mol. The highest BCUT2D eigenvalue weighted by Gasteiger charge is 2.13. The van der Waals surface area contributed by atoms with Gasteiger partial charge in [-0.2, -0.15) is 0 Å². The topological polar surface area (TPSA) is 72.3 Å². The second kappa shape index (κ2) is 5.78. The van der Waals surface area contributed by atoms with Gasteiger partial charge in [0.15, 0.2) is 5.82 Å². The van der Waals surface area contributed by atoms with E-state index < -0.39 is 0 Å². The van der Waals surface area contributed by atoms with Crippen molar-refractivity contribution in [3.05, 3.63) is 48.5 Å². The highest BCUT2D eigenvalue weighted by molar-refractivity contribution is 5.63. The molecule has 3 aromatic rings. The number of aromatic nitrogens is 4. The average Bonchev–Trinajstić information content (AvgIpc) is 2.95. The van der Waals surface area contributed by atoms with Crippen molar-refractivity contribution in [2.24, 2.45) is 0 Å². The Hall–Kier alpha value is -2.63. The number of nitrogen functional groups attached to an aromatic ring is 1. The third-order valence-corrected chi connectivity index (χ3v) is 3.31. The molecule has 2 heterocycles. The normalized spacial score (nSPS) is 10.9. The number of benzene rings is 1. The molecule has 2 aromatic heterocycles. The molecule has 0 aliphatic rings. The lowest BCUT2D eigenvalue weighted by atomic mass is 10.2. The highest BCUT2D eigenvalue weighted by atomic mass is 15.3. The number of hydrogen-bond acceptors (Lipinski definition) is 5. The number of rotatable bonds is 5. The SMILES string of the molecule is CCCN(Cc1cccc(N)c1)c1nccn2cnnc12. The van der Waals surface area contributed by atoms with E-state index in [1.165, 1.54) is 0 Å². The second-order valence-electron chi connectivity index (χ2n) is 4.98. The number of nitrogens with two attached hydrogens (primary N) is 1. The fourth-order valence-electron chi connectivity index (χ4n) is 2.41. The summed E-state index contributed by atoms with van der Waals surface area (Å²) in [5, 5.41) is 8.12. The van der Waals surface area contributed by atoms with Gasteiger partial charge in [0.2, 0.25) is 5.65 Å². The molecule has 6 nitrogen and oxygen atoms in total. The van der Waals surface area contributed by atoms with Gasteiger partial charge in [0.1, 0.15) is 6.33 Å². The van der Waals surface area contributed by atoms with Crippen LogP contribution >= 0.6 is 0 Å². The molecule has 1 aromatic carbocycles. The average molecular weight is 282 g/mol. The van der Waals surface area contributed by atoms with E-state index in [4.69, 9.17) is 5.73 Å². The summed E-state index contributed by atoms with van der Waals surface area (Å²) in [6, 6.07) is 7.93. The van der Waals surface area contributed by atoms with E-state index in [1.54, 1.807) is 12.5 Å². The molecule has 0 unspecified atom stereocenters. The maximum atomic E-state index is 5.86. The van der Waals surface area contributed by atoms with Crippen molar-refractivity contribution in [3.63, 3.8) is 0 Å². The van der Waals surface area contributed by atoms with E-state index in [9.17, 15) is 0 Å². The molecule has 0 atom stereocenters.